The van der Waals surface area contributed by atoms with Crippen LogP contribution >= 0.6 is 0 Å². The van der Waals surface area contributed by atoms with E-state index in [2.05, 4.69) is 44.7 Å². The number of aromatic nitrogens is 3. The smallest absolute Gasteiger partial charge is 0.296 e. The van der Waals surface area contributed by atoms with Gasteiger partial charge in [0.2, 0.25) is 17.6 Å². The van der Waals surface area contributed by atoms with Crippen LogP contribution in [0.15, 0.2) is 41.4 Å². The van der Waals surface area contributed by atoms with Crippen molar-refractivity contribution in [3.63, 3.8) is 0 Å². The zero-order valence-electron chi connectivity index (χ0n) is 23.2. The zero-order valence-corrected chi connectivity index (χ0v) is 23.2. The summed E-state index contributed by atoms with van der Waals surface area (Å²) in [6, 6.07) is 8.38. The van der Waals surface area contributed by atoms with E-state index in [4.69, 9.17) is 9.51 Å². The monoisotopic (exact) mass is 530 g/mol. The molecule has 1 aliphatic carbocycles. The van der Waals surface area contributed by atoms with E-state index in [1.54, 1.807) is 6.07 Å². The SMILES string of the molecule is C=CC(=O)N1CCC2(CC(n3c(NC(=O)c4cc(C(C)(C)C)no4)nc4cc(CN5CCCC5)ccc43)C2)C1. The number of fused-ring (bicyclic) bond motifs is 1. The number of carbonyl (C=O) groups excluding carboxylic acids is 2. The molecule has 2 amide bonds. The van der Waals surface area contributed by atoms with E-state index in [-0.39, 0.29) is 34.4 Å². The molecule has 6 rings (SSSR count). The highest BCUT2D eigenvalue weighted by Crippen LogP contribution is 2.55. The average Bonchev–Trinajstić information content (AvgIpc) is 3.67. The van der Waals surface area contributed by atoms with Crippen molar-refractivity contribution in [2.45, 2.75) is 70.9 Å². The van der Waals surface area contributed by atoms with Gasteiger partial charge < -0.3 is 14.0 Å². The number of anilines is 1. The Morgan fingerprint density at radius 2 is 1.95 bits per heavy atom. The molecule has 9 nitrogen and oxygen atoms in total. The van der Waals surface area contributed by atoms with Gasteiger partial charge >= 0.3 is 0 Å². The van der Waals surface area contributed by atoms with Crippen molar-refractivity contribution in [2.24, 2.45) is 5.41 Å². The Labute approximate surface area is 229 Å². The van der Waals surface area contributed by atoms with Gasteiger partial charge in [0, 0.05) is 37.2 Å². The second-order valence-corrected chi connectivity index (χ2v) is 12.7. The van der Waals surface area contributed by atoms with Crippen molar-refractivity contribution in [1.82, 2.24) is 24.5 Å². The number of imidazole rings is 1. The van der Waals surface area contributed by atoms with Crippen LogP contribution in [0, 0.1) is 5.41 Å². The maximum Gasteiger partial charge on any atom is 0.296 e. The summed E-state index contributed by atoms with van der Waals surface area (Å²) < 4.78 is 7.58. The van der Waals surface area contributed by atoms with Crippen LogP contribution in [0.3, 0.4) is 0 Å². The van der Waals surface area contributed by atoms with E-state index in [1.807, 2.05) is 25.7 Å². The number of nitrogens with zero attached hydrogens (tertiary/aromatic N) is 5. The molecule has 206 valence electrons. The summed E-state index contributed by atoms with van der Waals surface area (Å²) in [6.45, 7) is 14.5. The molecule has 0 radical (unpaired) electrons. The Morgan fingerprint density at radius 3 is 2.64 bits per heavy atom. The number of carbonyl (C=O) groups is 2. The predicted molar refractivity (Wildman–Crippen MR) is 149 cm³/mol. The summed E-state index contributed by atoms with van der Waals surface area (Å²) in [5.74, 6) is 0.347. The molecule has 4 heterocycles. The second-order valence-electron chi connectivity index (χ2n) is 12.7. The molecule has 1 N–H and O–H groups in total. The molecule has 1 saturated carbocycles. The summed E-state index contributed by atoms with van der Waals surface area (Å²) in [5, 5.41) is 7.14. The first-order valence-corrected chi connectivity index (χ1v) is 14.1. The largest absolute Gasteiger partial charge is 0.351 e. The Kier molecular flexibility index (Phi) is 6.37. The molecule has 0 atom stereocenters. The first-order chi connectivity index (χ1) is 18.6. The number of nitrogens with one attached hydrogen (secondary N) is 1. The number of likely N-dealkylation sites (tertiary alicyclic amines) is 2. The fourth-order valence-electron chi connectivity index (χ4n) is 6.51. The maximum absolute atomic E-state index is 13.3. The highest BCUT2D eigenvalue weighted by Gasteiger charge is 2.50. The van der Waals surface area contributed by atoms with E-state index >= 15 is 0 Å². The number of hydrogen-bond acceptors (Lipinski definition) is 6. The van der Waals surface area contributed by atoms with Crippen LogP contribution in [0.2, 0.25) is 0 Å². The molecule has 39 heavy (non-hydrogen) atoms. The molecule has 2 aliphatic heterocycles. The van der Waals surface area contributed by atoms with E-state index in [0.29, 0.717) is 5.95 Å². The van der Waals surface area contributed by atoms with E-state index in [0.717, 1.165) is 68.7 Å². The molecule has 0 bridgehead atoms. The molecule has 1 aromatic carbocycles. The van der Waals surface area contributed by atoms with Crippen LogP contribution in [0.1, 0.15) is 80.7 Å². The number of amides is 2. The van der Waals surface area contributed by atoms with Crippen molar-refractivity contribution < 1.29 is 14.1 Å². The van der Waals surface area contributed by atoms with Gasteiger partial charge in [-0.2, -0.15) is 0 Å². The van der Waals surface area contributed by atoms with Gasteiger partial charge in [0.1, 0.15) is 0 Å². The Balaban J connectivity index is 1.28. The van der Waals surface area contributed by atoms with Gasteiger partial charge in [-0.3, -0.25) is 19.8 Å². The normalized spacial score (nSPS) is 23.5. The van der Waals surface area contributed by atoms with E-state index in [9.17, 15) is 9.59 Å². The lowest BCUT2D eigenvalue weighted by molar-refractivity contribution is -0.125. The van der Waals surface area contributed by atoms with Crippen LogP contribution < -0.4 is 5.32 Å². The van der Waals surface area contributed by atoms with Gasteiger partial charge in [0.15, 0.2) is 0 Å². The second kappa shape index (κ2) is 9.62. The molecule has 0 unspecified atom stereocenters. The summed E-state index contributed by atoms with van der Waals surface area (Å²) in [5.41, 5.74) is 3.75. The van der Waals surface area contributed by atoms with Crippen LogP contribution in [0.5, 0.6) is 0 Å². The van der Waals surface area contributed by atoms with Gasteiger partial charge in [-0.15, -0.1) is 0 Å². The number of rotatable bonds is 6. The quantitative estimate of drug-likeness (QED) is 0.455. The van der Waals surface area contributed by atoms with Gasteiger partial charge in [-0.1, -0.05) is 38.6 Å². The van der Waals surface area contributed by atoms with E-state index < -0.39 is 0 Å². The van der Waals surface area contributed by atoms with Crippen LogP contribution in [0.25, 0.3) is 11.0 Å². The van der Waals surface area contributed by atoms with Crippen LogP contribution in [0.4, 0.5) is 5.95 Å². The minimum absolute atomic E-state index is 0.00331. The Morgan fingerprint density at radius 1 is 1.18 bits per heavy atom. The van der Waals surface area contributed by atoms with Crippen molar-refractivity contribution in [3.05, 3.63) is 53.9 Å². The third kappa shape index (κ3) is 4.88. The molecule has 3 aliphatic rings. The van der Waals surface area contributed by atoms with Crippen molar-refractivity contribution >= 4 is 28.8 Å². The molecule has 1 spiro atoms. The lowest BCUT2D eigenvalue weighted by Crippen LogP contribution is -2.42. The number of hydrogen-bond donors (Lipinski definition) is 1. The zero-order chi connectivity index (χ0) is 27.4. The Bertz CT molecular complexity index is 1420. The fraction of sp³-hybridized carbons (Fsp3) is 0.533. The predicted octanol–water partition coefficient (Wildman–Crippen LogP) is 4.91. The molecule has 9 heteroatoms. The maximum atomic E-state index is 13.3. The highest BCUT2D eigenvalue weighted by atomic mass is 16.5. The molecule has 3 fully saturated rings. The van der Waals surface area contributed by atoms with Crippen LogP contribution in [-0.2, 0) is 16.8 Å². The third-order valence-electron chi connectivity index (χ3n) is 8.71. The lowest BCUT2D eigenvalue weighted by Gasteiger charge is -2.46. The highest BCUT2D eigenvalue weighted by molar-refractivity contribution is 6.02. The summed E-state index contributed by atoms with van der Waals surface area (Å²) in [4.78, 5) is 34.7. The van der Waals surface area contributed by atoms with Gasteiger partial charge in [-0.25, -0.2) is 4.98 Å². The number of benzene rings is 1. The van der Waals surface area contributed by atoms with Crippen LogP contribution in [-0.4, -0.2) is 62.5 Å². The van der Waals surface area contributed by atoms with E-state index in [1.165, 1.54) is 24.5 Å². The third-order valence-corrected chi connectivity index (χ3v) is 8.71. The van der Waals surface area contributed by atoms with Gasteiger partial charge in [-0.05, 0) is 74.4 Å². The summed E-state index contributed by atoms with van der Waals surface area (Å²) >= 11 is 0. The Hall–Kier alpha value is -3.46. The summed E-state index contributed by atoms with van der Waals surface area (Å²) in [7, 11) is 0. The fourth-order valence-corrected chi connectivity index (χ4v) is 6.51. The first-order valence-electron chi connectivity index (χ1n) is 14.1. The summed E-state index contributed by atoms with van der Waals surface area (Å²) in [6.07, 6.45) is 6.78. The molecular weight excluding hydrogens is 492 g/mol. The van der Waals surface area contributed by atoms with Crippen molar-refractivity contribution in [1.29, 1.82) is 0 Å². The molecule has 2 saturated heterocycles. The molecule has 2 aromatic heterocycles. The standard InChI is InChI=1S/C30H38N6O3/c1-5-26(37)35-13-10-30(19-35)16-21(17-30)36-23-9-8-20(18-34-11-6-7-12-34)14-22(23)31-28(36)32-27(38)24-15-25(33-39-24)29(2,3)4/h5,8-9,14-15,21H,1,6-7,10-13,16-19H2,2-4H3,(H,31,32,38). The minimum Gasteiger partial charge on any atom is -0.351 e. The van der Waals surface area contributed by atoms with Crippen molar-refractivity contribution in [3.8, 4) is 0 Å². The molecular formula is C30H38N6O3. The van der Waals surface area contributed by atoms with Crippen molar-refractivity contribution in [2.75, 3.05) is 31.5 Å². The lowest BCUT2D eigenvalue weighted by atomic mass is 9.64. The molecule has 3 aromatic rings. The average molecular weight is 531 g/mol. The minimum atomic E-state index is -0.357. The first kappa shape index (κ1) is 25.8. The van der Waals surface area contributed by atoms with Gasteiger partial charge in [0.25, 0.3) is 5.91 Å². The topological polar surface area (TPSA) is 96.5 Å². The van der Waals surface area contributed by atoms with Gasteiger partial charge in [0.05, 0.1) is 16.7 Å².